The third-order valence-electron chi connectivity index (χ3n) is 4.30. The summed E-state index contributed by atoms with van der Waals surface area (Å²) in [6.45, 7) is 0. The Balaban J connectivity index is 1.27. The number of para-hydroxylation sites is 2. The van der Waals surface area contributed by atoms with E-state index < -0.39 is 0 Å². The van der Waals surface area contributed by atoms with Crippen LogP contribution in [0.15, 0.2) is 76.9 Å². The molecule has 0 aliphatic carbocycles. The highest BCUT2D eigenvalue weighted by Gasteiger charge is 2.05. The van der Waals surface area contributed by atoms with Gasteiger partial charge in [0.2, 0.25) is 0 Å². The number of hydrogen-bond acceptors (Lipinski definition) is 4. The SMILES string of the molecule is Clc1ccc(CCCSc2ccnc(CSc3nc4ccccc4[nH]3)c2)cc1. The molecule has 1 N–H and O–H groups in total. The zero-order chi connectivity index (χ0) is 19.2. The molecule has 3 nitrogen and oxygen atoms in total. The monoisotopic (exact) mass is 425 g/mol. The molecule has 2 aromatic heterocycles. The number of aryl methyl sites for hydroxylation is 1. The smallest absolute Gasteiger partial charge is 0.166 e. The predicted molar refractivity (Wildman–Crippen MR) is 120 cm³/mol. The van der Waals surface area contributed by atoms with Crippen LogP contribution < -0.4 is 0 Å². The minimum absolute atomic E-state index is 0.794. The summed E-state index contributed by atoms with van der Waals surface area (Å²) in [7, 11) is 0. The van der Waals surface area contributed by atoms with Gasteiger partial charge in [0.05, 0.1) is 16.7 Å². The fourth-order valence-electron chi connectivity index (χ4n) is 2.88. The molecular weight excluding hydrogens is 406 g/mol. The molecule has 142 valence electrons. The zero-order valence-electron chi connectivity index (χ0n) is 15.3. The number of H-pyrrole nitrogens is 1. The van der Waals surface area contributed by atoms with Crippen LogP contribution in [0.25, 0.3) is 11.0 Å². The second-order valence-electron chi connectivity index (χ2n) is 6.41. The van der Waals surface area contributed by atoms with E-state index in [-0.39, 0.29) is 0 Å². The highest BCUT2D eigenvalue weighted by atomic mass is 35.5. The van der Waals surface area contributed by atoms with E-state index in [1.54, 1.807) is 11.8 Å². The number of hydrogen-bond donors (Lipinski definition) is 1. The Morgan fingerprint density at radius 1 is 0.964 bits per heavy atom. The first-order chi connectivity index (χ1) is 13.8. The van der Waals surface area contributed by atoms with Crippen molar-refractivity contribution >= 4 is 46.2 Å². The summed E-state index contributed by atoms with van der Waals surface area (Å²) in [6.07, 6.45) is 4.11. The fraction of sp³-hybridized carbons (Fsp3) is 0.182. The van der Waals surface area contributed by atoms with Crippen LogP contribution >= 0.6 is 35.1 Å². The molecular formula is C22H20ClN3S2. The van der Waals surface area contributed by atoms with Crippen LogP contribution in [0.1, 0.15) is 17.7 Å². The molecule has 2 heterocycles. The minimum atomic E-state index is 0.794. The molecule has 4 aromatic rings. The van der Waals surface area contributed by atoms with Gasteiger partial charge in [0.1, 0.15) is 0 Å². The van der Waals surface area contributed by atoms with Gasteiger partial charge in [0.25, 0.3) is 0 Å². The fourth-order valence-corrected chi connectivity index (χ4v) is 4.70. The number of benzene rings is 2. The van der Waals surface area contributed by atoms with Crippen molar-refractivity contribution in [3.8, 4) is 0 Å². The van der Waals surface area contributed by atoms with Crippen LogP contribution in [0.5, 0.6) is 0 Å². The van der Waals surface area contributed by atoms with Gasteiger partial charge >= 0.3 is 0 Å². The van der Waals surface area contributed by atoms with Crippen LogP contribution in [-0.4, -0.2) is 20.7 Å². The maximum atomic E-state index is 5.94. The lowest BCUT2D eigenvalue weighted by Gasteiger charge is -2.05. The second-order valence-corrected chi connectivity index (χ2v) is 8.98. The summed E-state index contributed by atoms with van der Waals surface area (Å²) >= 11 is 9.50. The van der Waals surface area contributed by atoms with Gasteiger partial charge in [-0.1, -0.05) is 47.6 Å². The molecule has 0 atom stereocenters. The molecule has 0 unspecified atom stereocenters. The molecule has 0 saturated carbocycles. The van der Waals surface area contributed by atoms with E-state index in [9.17, 15) is 0 Å². The summed E-state index contributed by atoms with van der Waals surface area (Å²) in [5.41, 5.74) is 4.49. The van der Waals surface area contributed by atoms with Crippen molar-refractivity contribution in [3.63, 3.8) is 0 Å². The van der Waals surface area contributed by atoms with E-state index in [0.29, 0.717) is 0 Å². The van der Waals surface area contributed by atoms with Gasteiger partial charge in [-0.15, -0.1) is 11.8 Å². The molecule has 0 spiro atoms. The summed E-state index contributed by atoms with van der Waals surface area (Å²) in [5, 5.41) is 1.73. The van der Waals surface area contributed by atoms with E-state index in [1.165, 1.54) is 10.5 Å². The molecule has 6 heteroatoms. The molecule has 0 aliphatic rings. The summed E-state index contributed by atoms with van der Waals surface area (Å²) in [6, 6.07) is 20.5. The van der Waals surface area contributed by atoms with Crippen molar-refractivity contribution < 1.29 is 0 Å². The van der Waals surface area contributed by atoms with Crippen LogP contribution in [0.3, 0.4) is 0 Å². The number of nitrogens with one attached hydrogen (secondary N) is 1. The lowest BCUT2D eigenvalue weighted by Crippen LogP contribution is -1.90. The Bertz CT molecular complexity index is 1010. The number of rotatable bonds is 8. The van der Waals surface area contributed by atoms with E-state index >= 15 is 0 Å². The van der Waals surface area contributed by atoms with Crippen LogP contribution in [-0.2, 0) is 12.2 Å². The quantitative estimate of drug-likeness (QED) is 0.254. The standard InChI is InChI=1S/C22H20ClN3S2/c23-17-9-7-16(8-10-17)4-3-13-27-19-11-12-24-18(14-19)15-28-22-25-20-5-1-2-6-21(20)26-22/h1-2,5-12,14H,3-4,13,15H2,(H,25,26). The summed E-state index contributed by atoms with van der Waals surface area (Å²) < 4.78 is 0. The maximum Gasteiger partial charge on any atom is 0.166 e. The highest BCUT2D eigenvalue weighted by molar-refractivity contribution is 7.99. The summed E-state index contributed by atoms with van der Waals surface area (Å²) in [4.78, 5) is 13.7. The number of imidazole rings is 1. The highest BCUT2D eigenvalue weighted by Crippen LogP contribution is 2.25. The predicted octanol–water partition coefficient (Wildman–Crippen LogP) is 6.63. The largest absolute Gasteiger partial charge is 0.333 e. The molecule has 0 fully saturated rings. The Morgan fingerprint density at radius 2 is 1.82 bits per heavy atom. The second kappa shape index (κ2) is 9.50. The van der Waals surface area contributed by atoms with E-state index in [0.717, 1.165) is 51.3 Å². The Morgan fingerprint density at radius 3 is 2.68 bits per heavy atom. The normalized spacial score (nSPS) is 11.2. The number of nitrogens with zero attached hydrogens (tertiary/aromatic N) is 2. The van der Waals surface area contributed by atoms with Crippen LogP contribution in [0.4, 0.5) is 0 Å². The first kappa shape index (κ1) is 19.4. The Hall–Kier alpha value is -1.95. The van der Waals surface area contributed by atoms with Crippen molar-refractivity contribution in [1.29, 1.82) is 0 Å². The Labute approximate surface area is 178 Å². The van der Waals surface area contributed by atoms with E-state index in [1.807, 2.05) is 54.4 Å². The number of fused-ring (bicyclic) bond motifs is 1. The summed E-state index contributed by atoms with van der Waals surface area (Å²) in [5.74, 6) is 1.89. The zero-order valence-corrected chi connectivity index (χ0v) is 17.7. The molecule has 0 radical (unpaired) electrons. The van der Waals surface area contributed by atoms with Crippen molar-refractivity contribution in [2.45, 2.75) is 28.6 Å². The van der Waals surface area contributed by atoms with Crippen molar-refractivity contribution in [3.05, 3.63) is 83.1 Å². The van der Waals surface area contributed by atoms with Crippen molar-refractivity contribution in [2.24, 2.45) is 0 Å². The lowest BCUT2D eigenvalue weighted by atomic mass is 10.1. The number of aromatic nitrogens is 3. The van der Waals surface area contributed by atoms with Gasteiger partial charge in [-0.25, -0.2) is 4.98 Å². The van der Waals surface area contributed by atoms with Crippen LogP contribution in [0, 0.1) is 0 Å². The minimum Gasteiger partial charge on any atom is -0.333 e. The van der Waals surface area contributed by atoms with Gasteiger partial charge in [-0.05, 0) is 60.6 Å². The van der Waals surface area contributed by atoms with E-state index in [4.69, 9.17) is 11.6 Å². The molecule has 4 rings (SSSR count). The van der Waals surface area contributed by atoms with Crippen molar-refractivity contribution in [1.82, 2.24) is 15.0 Å². The van der Waals surface area contributed by atoms with Gasteiger partial charge in [0, 0.05) is 21.9 Å². The van der Waals surface area contributed by atoms with Gasteiger partial charge in [0.15, 0.2) is 5.16 Å². The number of thioether (sulfide) groups is 2. The average molecular weight is 426 g/mol. The van der Waals surface area contributed by atoms with Crippen molar-refractivity contribution in [2.75, 3.05) is 5.75 Å². The molecule has 0 aliphatic heterocycles. The van der Waals surface area contributed by atoms with Crippen LogP contribution in [0.2, 0.25) is 5.02 Å². The number of halogens is 1. The molecule has 2 aromatic carbocycles. The van der Waals surface area contributed by atoms with E-state index in [2.05, 4.69) is 39.2 Å². The third-order valence-corrected chi connectivity index (χ3v) is 6.54. The average Bonchev–Trinajstić information content (AvgIpc) is 3.14. The topological polar surface area (TPSA) is 41.6 Å². The maximum absolute atomic E-state index is 5.94. The Kier molecular flexibility index (Phi) is 6.57. The van der Waals surface area contributed by atoms with Gasteiger partial charge in [-0.3, -0.25) is 4.98 Å². The molecule has 28 heavy (non-hydrogen) atoms. The third kappa shape index (κ3) is 5.31. The number of pyridine rings is 1. The first-order valence-corrected chi connectivity index (χ1v) is 11.5. The molecule has 0 amide bonds. The van der Waals surface area contributed by atoms with Gasteiger partial charge < -0.3 is 4.98 Å². The molecule has 0 saturated heterocycles. The lowest BCUT2D eigenvalue weighted by molar-refractivity contribution is 0.933. The number of aromatic amines is 1. The van der Waals surface area contributed by atoms with Gasteiger partial charge in [-0.2, -0.15) is 0 Å². The molecule has 0 bridgehead atoms. The first-order valence-electron chi connectivity index (χ1n) is 9.16.